The van der Waals surface area contributed by atoms with E-state index in [2.05, 4.69) is 20.5 Å². The average molecular weight is 298 g/mol. The van der Waals surface area contributed by atoms with E-state index in [1.165, 1.54) is 23.1 Å². The lowest BCUT2D eigenvalue weighted by Crippen LogP contribution is -2.20. The van der Waals surface area contributed by atoms with Crippen LogP contribution in [0.2, 0.25) is 0 Å². The Morgan fingerprint density at radius 2 is 2.37 bits per heavy atom. The Morgan fingerprint density at radius 1 is 1.58 bits per heavy atom. The van der Waals surface area contributed by atoms with E-state index in [0.717, 1.165) is 11.4 Å². The molecule has 0 bridgehead atoms. The number of hydrogen-bond donors (Lipinski definition) is 2. The SMILES string of the molecule is CCSc1nnc(N)n1CC(=O)Nc1nc(C)cs1. The van der Waals surface area contributed by atoms with E-state index in [1.54, 1.807) is 4.57 Å². The first kappa shape index (κ1) is 13.8. The van der Waals surface area contributed by atoms with Gasteiger partial charge in [-0.3, -0.25) is 9.36 Å². The second-order valence-electron chi connectivity index (χ2n) is 3.70. The minimum Gasteiger partial charge on any atom is -0.368 e. The Morgan fingerprint density at radius 3 is 3.00 bits per heavy atom. The number of carbonyl (C=O) groups is 1. The lowest BCUT2D eigenvalue weighted by atomic mass is 10.5. The zero-order valence-electron chi connectivity index (χ0n) is 10.6. The average Bonchev–Trinajstić information content (AvgIpc) is 2.90. The van der Waals surface area contributed by atoms with Gasteiger partial charge in [0.25, 0.3) is 0 Å². The minimum atomic E-state index is -0.196. The molecule has 0 aliphatic carbocycles. The Labute approximate surface area is 118 Å². The number of nitrogens with one attached hydrogen (secondary N) is 1. The molecule has 2 heterocycles. The van der Waals surface area contributed by atoms with Crippen LogP contribution in [0.1, 0.15) is 12.6 Å². The Hall–Kier alpha value is -1.61. The predicted octanol–water partition coefficient (Wildman–Crippen LogP) is 1.38. The Bertz CT molecular complexity index is 578. The van der Waals surface area contributed by atoms with Crippen LogP contribution in [0.4, 0.5) is 11.1 Å². The summed E-state index contributed by atoms with van der Waals surface area (Å²) in [5.74, 6) is 0.881. The molecule has 0 aliphatic rings. The number of thiazole rings is 1. The highest BCUT2D eigenvalue weighted by atomic mass is 32.2. The summed E-state index contributed by atoms with van der Waals surface area (Å²) in [4.78, 5) is 16.1. The molecule has 0 aliphatic heterocycles. The van der Waals surface area contributed by atoms with Crippen molar-refractivity contribution >= 4 is 40.1 Å². The highest BCUT2D eigenvalue weighted by Gasteiger charge is 2.14. The van der Waals surface area contributed by atoms with E-state index in [0.29, 0.717) is 10.3 Å². The monoisotopic (exact) mass is 298 g/mol. The summed E-state index contributed by atoms with van der Waals surface area (Å²) in [6, 6.07) is 0. The van der Waals surface area contributed by atoms with Gasteiger partial charge >= 0.3 is 0 Å². The standard InChI is InChI=1S/C10H14N6OS2/c1-3-18-10-15-14-8(11)16(10)4-7(17)13-9-12-6(2)5-19-9/h5H,3-4H2,1-2H3,(H2,11,14)(H,12,13,17). The number of nitrogens with zero attached hydrogens (tertiary/aromatic N) is 4. The van der Waals surface area contributed by atoms with Crippen molar-refractivity contribution in [3.05, 3.63) is 11.1 Å². The van der Waals surface area contributed by atoms with Gasteiger partial charge in [0.2, 0.25) is 11.9 Å². The predicted molar refractivity (Wildman–Crippen MR) is 76.3 cm³/mol. The van der Waals surface area contributed by atoms with Crippen LogP contribution in [0.5, 0.6) is 0 Å². The third-order valence-corrected chi connectivity index (χ3v) is 3.91. The molecule has 0 saturated heterocycles. The molecule has 102 valence electrons. The van der Waals surface area contributed by atoms with Crippen molar-refractivity contribution in [1.29, 1.82) is 0 Å². The summed E-state index contributed by atoms with van der Waals surface area (Å²) >= 11 is 2.88. The second kappa shape index (κ2) is 6.02. The summed E-state index contributed by atoms with van der Waals surface area (Å²) < 4.78 is 1.59. The van der Waals surface area contributed by atoms with Crippen LogP contribution in [0.15, 0.2) is 10.5 Å². The van der Waals surface area contributed by atoms with Gasteiger partial charge in [-0.25, -0.2) is 4.98 Å². The largest absolute Gasteiger partial charge is 0.368 e. The third-order valence-electron chi connectivity index (χ3n) is 2.19. The molecule has 2 aromatic heterocycles. The lowest BCUT2D eigenvalue weighted by Gasteiger charge is -2.06. The molecular weight excluding hydrogens is 284 g/mol. The number of amides is 1. The van der Waals surface area contributed by atoms with Crippen molar-refractivity contribution < 1.29 is 4.79 Å². The van der Waals surface area contributed by atoms with Gasteiger partial charge in [-0.2, -0.15) is 0 Å². The smallest absolute Gasteiger partial charge is 0.246 e. The van der Waals surface area contributed by atoms with Gasteiger partial charge in [-0.05, 0) is 12.7 Å². The fourth-order valence-corrected chi connectivity index (χ4v) is 2.77. The molecule has 9 heteroatoms. The Balaban J connectivity index is 2.04. The van der Waals surface area contributed by atoms with Gasteiger partial charge in [-0.15, -0.1) is 21.5 Å². The van der Waals surface area contributed by atoms with Gasteiger partial charge in [0.05, 0.1) is 5.69 Å². The molecule has 2 aromatic rings. The van der Waals surface area contributed by atoms with Crippen LogP contribution >= 0.6 is 23.1 Å². The second-order valence-corrected chi connectivity index (χ2v) is 5.79. The molecular formula is C10H14N6OS2. The lowest BCUT2D eigenvalue weighted by molar-refractivity contribution is -0.116. The molecule has 3 N–H and O–H groups in total. The molecule has 0 radical (unpaired) electrons. The summed E-state index contributed by atoms with van der Waals surface area (Å²) in [6.07, 6.45) is 0. The number of hydrogen-bond acceptors (Lipinski definition) is 7. The maximum Gasteiger partial charge on any atom is 0.246 e. The van der Waals surface area contributed by atoms with Crippen LogP contribution in [0.25, 0.3) is 0 Å². The number of rotatable bonds is 5. The van der Waals surface area contributed by atoms with Gasteiger partial charge in [0.15, 0.2) is 10.3 Å². The third kappa shape index (κ3) is 3.44. The molecule has 19 heavy (non-hydrogen) atoms. The topological polar surface area (TPSA) is 98.7 Å². The van der Waals surface area contributed by atoms with Crippen LogP contribution < -0.4 is 11.1 Å². The number of carbonyl (C=O) groups excluding carboxylic acids is 1. The first-order valence-electron chi connectivity index (χ1n) is 5.63. The van der Waals surface area contributed by atoms with Crippen LogP contribution in [-0.4, -0.2) is 31.4 Å². The highest BCUT2D eigenvalue weighted by molar-refractivity contribution is 7.99. The molecule has 0 aromatic carbocycles. The van der Waals surface area contributed by atoms with Crippen LogP contribution in [-0.2, 0) is 11.3 Å². The molecule has 2 rings (SSSR count). The zero-order valence-corrected chi connectivity index (χ0v) is 12.2. The van der Waals surface area contributed by atoms with E-state index in [1.807, 2.05) is 19.2 Å². The van der Waals surface area contributed by atoms with Crippen LogP contribution in [0, 0.1) is 6.92 Å². The normalized spacial score (nSPS) is 10.6. The van der Waals surface area contributed by atoms with E-state index < -0.39 is 0 Å². The van der Waals surface area contributed by atoms with E-state index in [9.17, 15) is 4.79 Å². The molecule has 0 atom stereocenters. The highest BCUT2D eigenvalue weighted by Crippen LogP contribution is 2.18. The van der Waals surface area contributed by atoms with Crippen molar-refractivity contribution in [3.8, 4) is 0 Å². The fourth-order valence-electron chi connectivity index (χ4n) is 1.40. The quantitative estimate of drug-likeness (QED) is 0.809. The number of thioether (sulfide) groups is 1. The van der Waals surface area contributed by atoms with Gasteiger partial charge in [0, 0.05) is 5.38 Å². The zero-order chi connectivity index (χ0) is 13.8. The van der Waals surface area contributed by atoms with Gasteiger partial charge in [0.1, 0.15) is 6.54 Å². The first-order chi connectivity index (χ1) is 9.10. The Kier molecular flexibility index (Phi) is 4.38. The maximum absolute atomic E-state index is 11.9. The number of aromatic nitrogens is 4. The van der Waals surface area contributed by atoms with Crippen molar-refractivity contribution in [2.45, 2.75) is 25.5 Å². The minimum absolute atomic E-state index is 0.0831. The fraction of sp³-hybridized carbons (Fsp3) is 0.400. The summed E-state index contributed by atoms with van der Waals surface area (Å²) in [5, 5.41) is 13.5. The maximum atomic E-state index is 11.9. The van der Waals surface area contributed by atoms with Crippen molar-refractivity contribution in [2.75, 3.05) is 16.8 Å². The van der Waals surface area contributed by atoms with Gasteiger partial charge in [-0.1, -0.05) is 18.7 Å². The summed E-state index contributed by atoms with van der Waals surface area (Å²) in [5.41, 5.74) is 6.58. The van der Waals surface area contributed by atoms with E-state index in [4.69, 9.17) is 5.73 Å². The molecule has 7 nitrogen and oxygen atoms in total. The molecule has 0 unspecified atom stereocenters. The van der Waals surface area contributed by atoms with E-state index in [-0.39, 0.29) is 18.4 Å². The summed E-state index contributed by atoms with van der Waals surface area (Å²) in [7, 11) is 0. The number of aryl methyl sites for hydroxylation is 1. The van der Waals surface area contributed by atoms with Crippen molar-refractivity contribution in [2.24, 2.45) is 0 Å². The molecule has 0 fully saturated rings. The number of nitrogen functional groups attached to an aromatic ring is 1. The molecule has 0 saturated carbocycles. The first-order valence-corrected chi connectivity index (χ1v) is 7.50. The van der Waals surface area contributed by atoms with Crippen molar-refractivity contribution in [1.82, 2.24) is 19.7 Å². The van der Waals surface area contributed by atoms with Crippen molar-refractivity contribution in [3.63, 3.8) is 0 Å². The summed E-state index contributed by atoms with van der Waals surface area (Å²) in [6.45, 7) is 3.96. The molecule has 1 amide bonds. The van der Waals surface area contributed by atoms with Gasteiger partial charge < -0.3 is 11.1 Å². The number of anilines is 2. The molecule has 0 spiro atoms. The van der Waals surface area contributed by atoms with Crippen LogP contribution in [0.3, 0.4) is 0 Å². The van der Waals surface area contributed by atoms with E-state index >= 15 is 0 Å². The number of nitrogens with two attached hydrogens (primary N) is 1.